The number of ether oxygens (including phenoxy) is 2. The third-order valence-electron chi connectivity index (χ3n) is 3.84. The highest BCUT2D eigenvalue weighted by Gasteiger charge is 2.13. The Hall–Kier alpha value is -3.06. The second kappa shape index (κ2) is 7.23. The molecule has 7 heteroatoms. The summed E-state index contributed by atoms with van der Waals surface area (Å²) < 4.78 is 12.1. The SMILES string of the molecule is COc1ccc(NC(=O)Cn2c(CO)nc3ccccc32)cc1OC. The lowest BCUT2D eigenvalue weighted by Gasteiger charge is -2.12. The standard InChI is InChI=1S/C18H19N3O4/c1-24-15-8-7-12(9-16(15)25-2)19-18(23)10-21-14-6-4-3-5-13(14)20-17(21)11-22/h3-9,22H,10-11H2,1-2H3,(H,19,23). The third-order valence-corrected chi connectivity index (χ3v) is 3.84. The lowest BCUT2D eigenvalue weighted by Crippen LogP contribution is -2.20. The van der Waals surface area contributed by atoms with Crippen LogP contribution >= 0.6 is 0 Å². The van der Waals surface area contributed by atoms with Gasteiger partial charge in [0.2, 0.25) is 5.91 Å². The summed E-state index contributed by atoms with van der Waals surface area (Å²) in [5, 5.41) is 12.3. The van der Waals surface area contributed by atoms with Crippen LogP contribution in [-0.2, 0) is 17.9 Å². The van der Waals surface area contributed by atoms with Gasteiger partial charge >= 0.3 is 0 Å². The van der Waals surface area contributed by atoms with Gasteiger partial charge in [0.05, 0.1) is 25.3 Å². The van der Waals surface area contributed by atoms with Gasteiger partial charge in [-0.25, -0.2) is 4.98 Å². The number of carbonyl (C=O) groups is 1. The van der Waals surface area contributed by atoms with Crippen molar-refractivity contribution in [1.82, 2.24) is 9.55 Å². The summed E-state index contributed by atoms with van der Waals surface area (Å²) in [6.45, 7) is -0.191. The van der Waals surface area contributed by atoms with Crippen LogP contribution in [0.25, 0.3) is 11.0 Å². The van der Waals surface area contributed by atoms with E-state index in [1.165, 1.54) is 7.11 Å². The number of para-hydroxylation sites is 2. The maximum absolute atomic E-state index is 12.4. The van der Waals surface area contributed by atoms with E-state index in [0.29, 0.717) is 23.0 Å². The Balaban J connectivity index is 1.81. The zero-order chi connectivity index (χ0) is 17.8. The first-order valence-corrected chi connectivity index (χ1v) is 7.73. The fourth-order valence-corrected chi connectivity index (χ4v) is 2.68. The first-order valence-electron chi connectivity index (χ1n) is 7.73. The molecule has 7 nitrogen and oxygen atoms in total. The molecule has 0 aliphatic rings. The van der Waals surface area contributed by atoms with E-state index < -0.39 is 0 Å². The van der Waals surface area contributed by atoms with Gasteiger partial charge in [-0.05, 0) is 24.3 Å². The quantitative estimate of drug-likeness (QED) is 0.718. The minimum Gasteiger partial charge on any atom is -0.493 e. The smallest absolute Gasteiger partial charge is 0.244 e. The number of aliphatic hydroxyl groups is 1. The van der Waals surface area contributed by atoms with Gasteiger partial charge in [-0.3, -0.25) is 4.79 Å². The van der Waals surface area contributed by atoms with Crippen molar-refractivity contribution < 1.29 is 19.4 Å². The average Bonchev–Trinajstić information content (AvgIpc) is 2.99. The lowest BCUT2D eigenvalue weighted by atomic mass is 10.2. The number of hydrogen-bond acceptors (Lipinski definition) is 5. The molecule has 0 fully saturated rings. The summed E-state index contributed by atoms with van der Waals surface area (Å²) in [6.07, 6.45) is 0. The second-order valence-electron chi connectivity index (χ2n) is 5.38. The highest BCUT2D eigenvalue weighted by molar-refractivity contribution is 5.92. The van der Waals surface area contributed by atoms with Crippen LogP contribution in [0.15, 0.2) is 42.5 Å². The Bertz CT molecular complexity index is 904. The molecule has 2 N–H and O–H groups in total. The summed E-state index contributed by atoms with van der Waals surface area (Å²) in [6, 6.07) is 12.6. The number of rotatable bonds is 6. The Kier molecular flexibility index (Phi) is 4.85. The van der Waals surface area contributed by atoms with Gasteiger partial charge in [0.15, 0.2) is 11.5 Å². The minimum absolute atomic E-state index is 0.0464. The van der Waals surface area contributed by atoms with Gasteiger partial charge in [-0.15, -0.1) is 0 Å². The fraction of sp³-hybridized carbons (Fsp3) is 0.222. The van der Waals surface area contributed by atoms with Crippen LogP contribution in [0.5, 0.6) is 11.5 Å². The number of hydrogen-bond donors (Lipinski definition) is 2. The molecule has 25 heavy (non-hydrogen) atoms. The van der Waals surface area contributed by atoms with Gasteiger partial charge in [-0.2, -0.15) is 0 Å². The van der Waals surface area contributed by atoms with E-state index in [9.17, 15) is 9.90 Å². The molecule has 0 saturated carbocycles. The number of amides is 1. The third kappa shape index (κ3) is 3.41. The normalized spacial score (nSPS) is 10.7. The summed E-state index contributed by atoms with van der Waals surface area (Å²) in [5.74, 6) is 1.34. The number of imidazole rings is 1. The molecular weight excluding hydrogens is 322 g/mol. The molecule has 0 saturated heterocycles. The summed E-state index contributed by atoms with van der Waals surface area (Å²) in [4.78, 5) is 16.8. The molecule has 3 aromatic rings. The van der Waals surface area contributed by atoms with E-state index in [-0.39, 0.29) is 19.1 Å². The summed E-state index contributed by atoms with van der Waals surface area (Å²) >= 11 is 0. The molecule has 0 unspecified atom stereocenters. The highest BCUT2D eigenvalue weighted by atomic mass is 16.5. The van der Waals surface area contributed by atoms with Crippen molar-refractivity contribution in [3.8, 4) is 11.5 Å². The average molecular weight is 341 g/mol. The second-order valence-corrected chi connectivity index (χ2v) is 5.38. The van der Waals surface area contributed by atoms with Crippen molar-refractivity contribution in [2.75, 3.05) is 19.5 Å². The van der Waals surface area contributed by atoms with Crippen molar-refractivity contribution >= 4 is 22.6 Å². The predicted octanol–water partition coefficient (Wildman–Crippen LogP) is 2.18. The summed E-state index contributed by atoms with van der Waals surface area (Å²) in [7, 11) is 3.09. The number of aliphatic hydroxyl groups excluding tert-OH is 1. The van der Waals surface area contributed by atoms with E-state index in [0.717, 1.165) is 11.0 Å². The first kappa shape index (κ1) is 16.8. The van der Waals surface area contributed by atoms with Crippen LogP contribution in [0.1, 0.15) is 5.82 Å². The Morgan fingerprint density at radius 2 is 1.92 bits per heavy atom. The van der Waals surface area contributed by atoms with Crippen LogP contribution in [0.3, 0.4) is 0 Å². The molecule has 0 bridgehead atoms. The molecule has 0 aliphatic heterocycles. The van der Waals surface area contributed by atoms with E-state index in [4.69, 9.17) is 9.47 Å². The number of aromatic nitrogens is 2. The molecule has 2 aromatic carbocycles. The number of nitrogens with one attached hydrogen (secondary N) is 1. The Labute approximate surface area is 144 Å². The molecule has 1 amide bonds. The topological polar surface area (TPSA) is 85.6 Å². The molecular formula is C18H19N3O4. The number of nitrogens with zero attached hydrogens (tertiary/aromatic N) is 2. The predicted molar refractivity (Wildman–Crippen MR) is 93.8 cm³/mol. The largest absolute Gasteiger partial charge is 0.493 e. The maximum Gasteiger partial charge on any atom is 0.244 e. The molecule has 0 spiro atoms. The number of anilines is 1. The van der Waals surface area contributed by atoms with E-state index in [2.05, 4.69) is 10.3 Å². The first-order chi connectivity index (χ1) is 12.2. The maximum atomic E-state index is 12.4. The van der Waals surface area contributed by atoms with Crippen LogP contribution in [0.4, 0.5) is 5.69 Å². The highest BCUT2D eigenvalue weighted by Crippen LogP contribution is 2.29. The number of benzene rings is 2. The van der Waals surface area contributed by atoms with Gasteiger partial charge in [0.25, 0.3) is 0 Å². The zero-order valence-electron chi connectivity index (χ0n) is 14.0. The molecule has 0 radical (unpaired) electrons. The van der Waals surface area contributed by atoms with Crippen LogP contribution in [-0.4, -0.2) is 34.8 Å². The summed E-state index contributed by atoms with van der Waals surface area (Å²) in [5.41, 5.74) is 2.14. The number of methoxy groups -OCH3 is 2. The molecule has 0 atom stereocenters. The zero-order valence-corrected chi connectivity index (χ0v) is 14.0. The number of fused-ring (bicyclic) bond motifs is 1. The van der Waals surface area contributed by atoms with E-state index in [1.54, 1.807) is 29.9 Å². The Morgan fingerprint density at radius 1 is 1.16 bits per heavy atom. The minimum atomic E-state index is -0.238. The molecule has 1 aromatic heterocycles. The van der Waals surface area contributed by atoms with Crippen LogP contribution in [0, 0.1) is 0 Å². The van der Waals surface area contributed by atoms with Crippen LogP contribution < -0.4 is 14.8 Å². The van der Waals surface area contributed by atoms with Crippen molar-refractivity contribution in [2.24, 2.45) is 0 Å². The molecule has 1 heterocycles. The van der Waals surface area contributed by atoms with Crippen molar-refractivity contribution in [3.63, 3.8) is 0 Å². The van der Waals surface area contributed by atoms with Crippen LogP contribution in [0.2, 0.25) is 0 Å². The van der Waals surface area contributed by atoms with Crippen molar-refractivity contribution in [1.29, 1.82) is 0 Å². The monoisotopic (exact) mass is 341 g/mol. The molecule has 3 rings (SSSR count). The molecule has 130 valence electrons. The van der Waals surface area contributed by atoms with Gasteiger partial charge in [0, 0.05) is 11.8 Å². The lowest BCUT2D eigenvalue weighted by molar-refractivity contribution is -0.116. The van der Waals surface area contributed by atoms with E-state index in [1.807, 2.05) is 24.3 Å². The molecule has 0 aliphatic carbocycles. The van der Waals surface area contributed by atoms with Crippen molar-refractivity contribution in [2.45, 2.75) is 13.2 Å². The Morgan fingerprint density at radius 3 is 2.64 bits per heavy atom. The van der Waals surface area contributed by atoms with Gasteiger partial charge in [-0.1, -0.05) is 12.1 Å². The van der Waals surface area contributed by atoms with E-state index >= 15 is 0 Å². The van der Waals surface area contributed by atoms with Gasteiger partial charge in [0.1, 0.15) is 19.0 Å². The number of carbonyl (C=O) groups excluding carboxylic acids is 1. The van der Waals surface area contributed by atoms with Crippen molar-refractivity contribution in [3.05, 3.63) is 48.3 Å². The van der Waals surface area contributed by atoms with Gasteiger partial charge < -0.3 is 24.5 Å². The fourth-order valence-electron chi connectivity index (χ4n) is 2.68.